The molecule has 1 aliphatic rings. The summed E-state index contributed by atoms with van der Waals surface area (Å²) in [6, 6.07) is 4.04. The lowest BCUT2D eigenvalue weighted by molar-refractivity contribution is 0.275. The van der Waals surface area contributed by atoms with Gasteiger partial charge in [0.15, 0.2) is 5.84 Å². The molecule has 1 atom stereocenters. The zero-order valence-electron chi connectivity index (χ0n) is 9.08. The van der Waals surface area contributed by atoms with Crippen LogP contribution in [0.15, 0.2) is 29.7 Å². The lowest BCUT2D eigenvalue weighted by Crippen LogP contribution is -2.40. The number of nitrogens with zero attached hydrogens (tertiary/aromatic N) is 3. The number of nitrogens with two attached hydrogens (primary N) is 1. The van der Waals surface area contributed by atoms with Crippen LogP contribution in [-0.2, 0) is 6.54 Å². The van der Waals surface area contributed by atoms with Gasteiger partial charge in [-0.05, 0) is 37.1 Å². The van der Waals surface area contributed by atoms with Crippen molar-refractivity contribution in [3.8, 4) is 0 Å². The summed E-state index contributed by atoms with van der Waals surface area (Å²) >= 11 is 0. The van der Waals surface area contributed by atoms with Crippen molar-refractivity contribution in [2.45, 2.75) is 25.4 Å². The monoisotopic (exact) mass is 220 g/mol. The van der Waals surface area contributed by atoms with Crippen LogP contribution in [0.1, 0.15) is 18.4 Å². The zero-order valence-corrected chi connectivity index (χ0v) is 9.08. The summed E-state index contributed by atoms with van der Waals surface area (Å²) in [7, 11) is 0. The minimum atomic E-state index is 0.0677. The first-order valence-electron chi connectivity index (χ1n) is 5.41. The van der Waals surface area contributed by atoms with E-state index in [9.17, 15) is 0 Å². The number of rotatable bonds is 3. The molecule has 86 valence electrons. The van der Waals surface area contributed by atoms with Gasteiger partial charge in [0.2, 0.25) is 0 Å². The zero-order chi connectivity index (χ0) is 11.4. The van der Waals surface area contributed by atoms with Gasteiger partial charge in [-0.15, -0.1) is 0 Å². The van der Waals surface area contributed by atoms with Gasteiger partial charge < -0.3 is 10.9 Å². The van der Waals surface area contributed by atoms with Crippen LogP contribution in [0.2, 0.25) is 0 Å². The van der Waals surface area contributed by atoms with E-state index < -0.39 is 0 Å². The highest BCUT2D eigenvalue weighted by molar-refractivity contribution is 5.85. The van der Waals surface area contributed by atoms with Gasteiger partial charge in [0.1, 0.15) is 0 Å². The molecule has 1 fully saturated rings. The fraction of sp³-hybridized carbons (Fsp3) is 0.455. The second kappa shape index (κ2) is 4.94. The fourth-order valence-corrected chi connectivity index (χ4v) is 2.14. The van der Waals surface area contributed by atoms with Gasteiger partial charge in [0.25, 0.3) is 0 Å². The molecule has 1 aromatic rings. The van der Waals surface area contributed by atoms with Gasteiger partial charge in [0.05, 0.1) is 6.04 Å². The molecular formula is C11H16N4O. The Labute approximate surface area is 94.6 Å². The van der Waals surface area contributed by atoms with E-state index in [1.165, 1.54) is 5.56 Å². The maximum absolute atomic E-state index is 8.71. The Morgan fingerprint density at radius 3 is 3.00 bits per heavy atom. The molecule has 0 aromatic carbocycles. The SMILES string of the molecule is NC(=NO)C1CCCN1Cc1ccncc1. The van der Waals surface area contributed by atoms with Gasteiger partial charge in [-0.25, -0.2) is 0 Å². The molecule has 0 saturated carbocycles. The molecule has 1 saturated heterocycles. The molecule has 5 nitrogen and oxygen atoms in total. The third-order valence-electron chi connectivity index (χ3n) is 2.96. The largest absolute Gasteiger partial charge is 0.409 e. The van der Waals surface area contributed by atoms with Gasteiger partial charge in [0, 0.05) is 18.9 Å². The average molecular weight is 220 g/mol. The van der Waals surface area contributed by atoms with Crippen LogP contribution >= 0.6 is 0 Å². The molecular weight excluding hydrogens is 204 g/mol. The third kappa shape index (κ3) is 2.30. The first-order valence-corrected chi connectivity index (χ1v) is 5.41. The average Bonchev–Trinajstić information content (AvgIpc) is 2.77. The first kappa shape index (κ1) is 10.9. The number of hydrogen-bond donors (Lipinski definition) is 2. The second-order valence-corrected chi connectivity index (χ2v) is 4.01. The highest BCUT2D eigenvalue weighted by Crippen LogP contribution is 2.19. The Morgan fingerprint density at radius 2 is 2.31 bits per heavy atom. The number of amidine groups is 1. The fourth-order valence-electron chi connectivity index (χ4n) is 2.14. The molecule has 0 aliphatic carbocycles. The Kier molecular flexibility index (Phi) is 3.36. The van der Waals surface area contributed by atoms with Crippen LogP contribution in [0, 0.1) is 0 Å². The number of oxime groups is 1. The summed E-state index contributed by atoms with van der Waals surface area (Å²) in [6.07, 6.45) is 5.61. The lowest BCUT2D eigenvalue weighted by atomic mass is 10.2. The van der Waals surface area contributed by atoms with E-state index in [2.05, 4.69) is 15.0 Å². The Hall–Kier alpha value is -1.62. The van der Waals surface area contributed by atoms with Gasteiger partial charge in [-0.2, -0.15) is 0 Å². The number of pyridine rings is 1. The van der Waals surface area contributed by atoms with Crippen LogP contribution in [-0.4, -0.2) is 33.5 Å². The summed E-state index contributed by atoms with van der Waals surface area (Å²) in [5.74, 6) is 0.312. The van der Waals surface area contributed by atoms with Crippen molar-refractivity contribution >= 4 is 5.84 Å². The van der Waals surface area contributed by atoms with Crippen LogP contribution in [0.5, 0.6) is 0 Å². The van der Waals surface area contributed by atoms with E-state index in [1.807, 2.05) is 12.1 Å². The van der Waals surface area contributed by atoms with Gasteiger partial charge >= 0.3 is 0 Å². The van der Waals surface area contributed by atoms with E-state index in [0.717, 1.165) is 25.9 Å². The Morgan fingerprint density at radius 1 is 1.56 bits per heavy atom. The molecule has 2 rings (SSSR count). The summed E-state index contributed by atoms with van der Waals surface area (Å²) in [5.41, 5.74) is 6.87. The Bertz CT molecular complexity index is 366. The highest BCUT2D eigenvalue weighted by Gasteiger charge is 2.27. The predicted molar refractivity (Wildman–Crippen MR) is 61.1 cm³/mol. The van der Waals surface area contributed by atoms with Crippen molar-refractivity contribution in [1.82, 2.24) is 9.88 Å². The van der Waals surface area contributed by atoms with Crippen molar-refractivity contribution in [1.29, 1.82) is 0 Å². The van der Waals surface area contributed by atoms with Crippen molar-refractivity contribution in [3.63, 3.8) is 0 Å². The minimum absolute atomic E-state index is 0.0677. The minimum Gasteiger partial charge on any atom is -0.409 e. The highest BCUT2D eigenvalue weighted by atomic mass is 16.4. The first-order chi connectivity index (χ1) is 7.81. The molecule has 16 heavy (non-hydrogen) atoms. The number of aromatic nitrogens is 1. The lowest BCUT2D eigenvalue weighted by Gasteiger charge is -2.23. The number of hydrogen-bond acceptors (Lipinski definition) is 4. The van der Waals surface area contributed by atoms with E-state index >= 15 is 0 Å². The summed E-state index contributed by atoms with van der Waals surface area (Å²) in [6.45, 7) is 1.81. The van der Waals surface area contributed by atoms with Gasteiger partial charge in [-0.1, -0.05) is 5.16 Å². The van der Waals surface area contributed by atoms with Crippen molar-refractivity contribution in [2.75, 3.05) is 6.54 Å². The summed E-state index contributed by atoms with van der Waals surface area (Å²) < 4.78 is 0. The maximum Gasteiger partial charge on any atom is 0.156 e. The van der Waals surface area contributed by atoms with Gasteiger partial charge in [-0.3, -0.25) is 9.88 Å². The topological polar surface area (TPSA) is 74.7 Å². The molecule has 1 aliphatic heterocycles. The van der Waals surface area contributed by atoms with Crippen molar-refractivity contribution in [2.24, 2.45) is 10.9 Å². The number of likely N-dealkylation sites (tertiary alicyclic amines) is 1. The summed E-state index contributed by atoms with van der Waals surface area (Å²) in [4.78, 5) is 6.21. The quantitative estimate of drug-likeness (QED) is 0.342. The van der Waals surface area contributed by atoms with E-state index in [-0.39, 0.29) is 6.04 Å². The molecule has 0 spiro atoms. The van der Waals surface area contributed by atoms with E-state index in [4.69, 9.17) is 10.9 Å². The standard InChI is InChI=1S/C11H16N4O/c12-11(14-16)10-2-1-7-15(10)8-9-3-5-13-6-4-9/h3-6,10,16H,1-2,7-8H2,(H2,12,14). The van der Waals surface area contributed by atoms with Crippen LogP contribution in [0.3, 0.4) is 0 Å². The van der Waals surface area contributed by atoms with Crippen molar-refractivity contribution in [3.05, 3.63) is 30.1 Å². The molecule has 1 unspecified atom stereocenters. The van der Waals surface area contributed by atoms with Crippen LogP contribution < -0.4 is 5.73 Å². The summed E-state index contributed by atoms with van der Waals surface area (Å²) in [5, 5.41) is 11.8. The van der Waals surface area contributed by atoms with E-state index in [1.54, 1.807) is 12.4 Å². The molecule has 0 radical (unpaired) electrons. The molecule has 2 heterocycles. The molecule has 1 aromatic heterocycles. The van der Waals surface area contributed by atoms with E-state index in [0.29, 0.717) is 5.84 Å². The third-order valence-corrected chi connectivity index (χ3v) is 2.96. The van der Waals surface area contributed by atoms with Crippen molar-refractivity contribution < 1.29 is 5.21 Å². The Balaban J connectivity index is 2.04. The molecule has 3 N–H and O–H groups in total. The van der Waals surface area contributed by atoms with Crippen LogP contribution in [0.25, 0.3) is 0 Å². The molecule has 0 amide bonds. The normalized spacial score (nSPS) is 22.5. The molecule has 5 heteroatoms. The predicted octanol–water partition coefficient (Wildman–Crippen LogP) is 0.792. The maximum atomic E-state index is 8.71. The smallest absolute Gasteiger partial charge is 0.156 e. The van der Waals surface area contributed by atoms with Crippen LogP contribution in [0.4, 0.5) is 0 Å². The second-order valence-electron chi connectivity index (χ2n) is 4.01. The molecule has 0 bridgehead atoms.